The summed E-state index contributed by atoms with van der Waals surface area (Å²) in [6.45, 7) is 12.8. The van der Waals surface area contributed by atoms with Crippen molar-refractivity contribution in [2.75, 3.05) is 32.8 Å². The van der Waals surface area contributed by atoms with Crippen molar-refractivity contribution in [1.82, 2.24) is 19.5 Å². The Bertz CT molecular complexity index is 1440. The molecule has 1 amide bonds. The molecule has 1 saturated heterocycles. The number of aryl methyl sites for hydroxylation is 1. The summed E-state index contributed by atoms with van der Waals surface area (Å²) in [6.07, 6.45) is 3.57. The maximum atomic E-state index is 13.6. The van der Waals surface area contributed by atoms with E-state index in [9.17, 15) is 17.6 Å². The number of nitrogens with zero attached hydrogens (tertiary/aromatic N) is 2. The van der Waals surface area contributed by atoms with Gasteiger partial charge in [-0.05, 0) is 102 Å². The smallest absolute Gasteiger partial charge is 0.410 e. The van der Waals surface area contributed by atoms with E-state index in [-0.39, 0.29) is 35.4 Å². The standard InChI is InChI=1S/C31H43FN4O5S/c1-22-20-35(21-23(2)36(22)30(37)41-31(3,4)5)16-7-17-40-26-10-12-27(13-11-26)42(38,39)34-15-6-8-24-19-33-29-14-9-25(32)18-28(24)29/h9-14,18-19,22-23,33-34H,6-8,15-17,20-21H2,1-5H3/t22-,23+. The van der Waals surface area contributed by atoms with Crippen LogP contribution in [0.5, 0.6) is 5.75 Å². The van der Waals surface area contributed by atoms with Crippen LogP contribution in [0.25, 0.3) is 10.9 Å². The molecular formula is C31H43FN4O5S. The molecule has 0 spiro atoms. The zero-order valence-corrected chi connectivity index (χ0v) is 26.0. The van der Waals surface area contributed by atoms with Gasteiger partial charge in [-0.1, -0.05) is 0 Å². The second kappa shape index (κ2) is 13.4. The van der Waals surface area contributed by atoms with E-state index in [4.69, 9.17) is 9.47 Å². The number of piperazine rings is 1. The number of nitrogens with one attached hydrogen (secondary N) is 2. The third-order valence-electron chi connectivity index (χ3n) is 7.26. The van der Waals surface area contributed by atoms with E-state index >= 15 is 0 Å². The van der Waals surface area contributed by atoms with Gasteiger partial charge < -0.3 is 19.4 Å². The van der Waals surface area contributed by atoms with Gasteiger partial charge in [-0.25, -0.2) is 22.3 Å². The fraction of sp³-hybridized carbons (Fsp3) is 0.516. The van der Waals surface area contributed by atoms with E-state index in [0.29, 0.717) is 25.2 Å². The van der Waals surface area contributed by atoms with Gasteiger partial charge in [0.2, 0.25) is 10.0 Å². The average Bonchev–Trinajstić information content (AvgIpc) is 3.30. The molecule has 0 aliphatic carbocycles. The number of halogens is 1. The second-order valence-corrected chi connectivity index (χ2v) is 13.8. The van der Waals surface area contributed by atoms with Crippen LogP contribution in [0.1, 0.15) is 53.0 Å². The molecule has 1 aliphatic rings. The molecule has 0 bridgehead atoms. The van der Waals surface area contributed by atoms with Crippen LogP contribution in [-0.2, 0) is 21.2 Å². The molecule has 2 atom stereocenters. The summed E-state index contributed by atoms with van der Waals surface area (Å²) in [5, 5.41) is 0.818. The number of fused-ring (bicyclic) bond motifs is 1. The van der Waals surface area contributed by atoms with Crippen LogP contribution in [0.3, 0.4) is 0 Å². The summed E-state index contributed by atoms with van der Waals surface area (Å²) >= 11 is 0. The third kappa shape index (κ3) is 8.45. The van der Waals surface area contributed by atoms with Crippen LogP contribution in [0.15, 0.2) is 53.6 Å². The fourth-order valence-electron chi connectivity index (χ4n) is 5.41. The number of H-pyrrole nitrogens is 1. The molecule has 2 aromatic carbocycles. The van der Waals surface area contributed by atoms with Crippen LogP contribution in [0.4, 0.5) is 9.18 Å². The van der Waals surface area contributed by atoms with Gasteiger partial charge in [0.15, 0.2) is 0 Å². The highest BCUT2D eigenvalue weighted by Gasteiger charge is 2.35. The molecule has 9 nitrogen and oxygen atoms in total. The molecule has 11 heteroatoms. The maximum Gasteiger partial charge on any atom is 0.410 e. The molecule has 1 aromatic heterocycles. The lowest BCUT2D eigenvalue weighted by Crippen LogP contribution is -2.59. The van der Waals surface area contributed by atoms with Crippen molar-refractivity contribution in [2.45, 2.75) is 76.5 Å². The summed E-state index contributed by atoms with van der Waals surface area (Å²) in [5.41, 5.74) is 1.29. The first-order valence-corrected chi connectivity index (χ1v) is 16.0. The molecule has 4 rings (SSSR count). The highest BCUT2D eigenvalue weighted by Crippen LogP contribution is 2.22. The number of hydrogen-bond donors (Lipinski definition) is 2. The lowest BCUT2D eigenvalue weighted by molar-refractivity contribution is -0.0155. The molecule has 1 aliphatic heterocycles. The van der Waals surface area contributed by atoms with Crippen molar-refractivity contribution in [3.8, 4) is 5.75 Å². The SMILES string of the molecule is C[C@@H]1CN(CCCOc2ccc(S(=O)(=O)NCCCc3c[nH]c4ccc(F)cc34)cc2)C[C@H](C)N1C(=O)OC(C)(C)C. The van der Waals surface area contributed by atoms with Crippen molar-refractivity contribution < 1.29 is 27.1 Å². The first-order valence-electron chi connectivity index (χ1n) is 14.5. The number of benzene rings is 2. The van der Waals surface area contributed by atoms with Gasteiger partial charge in [-0.15, -0.1) is 0 Å². The monoisotopic (exact) mass is 602 g/mol. The second-order valence-electron chi connectivity index (χ2n) is 12.0. The molecule has 2 heterocycles. The van der Waals surface area contributed by atoms with Crippen LogP contribution in [-0.4, -0.2) is 79.8 Å². The molecule has 230 valence electrons. The highest BCUT2D eigenvalue weighted by atomic mass is 32.2. The van der Waals surface area contributed by atoms with Gasteiger partial charge in [0.05, 0.1) is 11.5 Å². The summed E-state index contributed by atoms with van der Waals surface area (Å²) in [6, 6.07) is 11.1. The quantitative estimate of drug-likeness (QED) is 0.288. The highest BCUT2D eigenvalue weighted by molar-refractivity contribution is 7.89. The summed E-state index contributed by atoms with van der Waals surface area (Å²) in [7, 11) is -3.66. The van der Waals surface area contributed by atoms with Gasteiger partial charge in [-0.3, -0.25) is 4.90 Å². The maximum absolute atomic E-state index is 13.6. The van der Waals surface area contributed by atoms with Crippen molar-refractivity contribution in [2.24, 2.45) is 0 Å². The molecule has 0 radical (unpaired) electrons. The van der Waals surface area contributed by atoms with E-state index < -0.39 is 15.6 Å². The normalized spacial score (nSPS) is 18.4. The summed E-state index contributed by atoms with van der Waals surface area (Å²) < 4.78 is 53.1. The predicted octanol–water partition coefficient (Wildman–Crippen LogP) is 5.32. The summed E-state index contributed by atoms with van der Waals surface area (Å²) in [4.78, 5) is 20.1. The Morgan fingerprint density at radius 1 is 1.07 bits per heavy atom. The van der Waals surface area contributed by atoms with Crippen LogP contribution >= 0.6 is 0 Å². The van der Waals surface area contributed by atoms with Gasteiger partial charge in [0, 0.05) is 55.4 Å². The zero-order valence-electron chi connectivity index (χ0n) is 25.2. The molecule has 2 N–H and O–H groups in total. The van der Waals surface area contributed by atoms with E-state index in [2.05, 4.69) is 14.6 Å². The van der Waals surface area contributed by atoms with Crippen LogP contribution in [0.2, 0.25) is 0 Å². The Balaban J connectivity index is 1.17. The molecule has 42 heavy (non-hydrogen) atoms. The van der Waals surface area contributed by atoms with Gasteiger partial charge in [-0.2, -0.15) is 0 Å². The Morgan fingerprint density at radius 3 is 2.43 bits per heavy atom. The number of hydrogen-bond acceptors (Lipinski definition) is 6. The number of sulfonamides is 1. The lowest BCUT2D eigenvalue weighted by atomic mass is 10.1. The Hall–Kier alpha value is -3.15. The van der Waals surface area contributed by atoms with Crippen molar-refractivity contribution in [3.05, 3.63) is 60.0 Å². The number of amides is 1. The predicted molar refractivity (Wildman–Crippen MR) is 162 cm³/mol. The van der Waals surface area contributed by atoms with Gasteiger partial charge in [0.1, 0.15) is 17.2 Å². The van der Waals surface area contributed by atoms with Crippen molar-refractivity contribution in [1.29, 1.82) is 0 Å². The molecule has 1 fully saturated rings. The first-order chi connectivity index (χ1) is 19.8. The minimum atomic E-state index is -3.66. The zero-order chi connectivity index (χ0) is 30.5. The number of aromatic nitrogens is 1. The van der Waals surface area contributed by atoms with E-state index in [1.165, 1.54) is 12.1 Å². The average molecular weight is 603 g/mol. The number of ether oxygens (including phenoxy) is 2. The Kier molecular flexibility index (Phi) is 10.2. The van der Waals surface area contributed by atoms with Crippen molar-refractivity contribution >= 4 is 27.0 Å². The fourth-order valence-corrected chi connectivity index (χ4v) is 6.48. The van der Waals surface area contributed by atoms with Crippen LogP contribution < -0.4 is 9.46 Å². The van der Waals surface area contributed by atoms with Gasteiger partial charge >= 0.3 is 6.09 Å². The number of carbonyl (C=O) groups excluding carboxylic acids is 1. The van der Waals surface area contributed by atoms with Crippen molar-refractivity contribution in [3.63, 3.8) is 0 Å². The third-order valence-corrected chi connectivity index (χ3v) is 8.74. The number of rotatable bonds is 11. The number of carbonyl (C=O) groups is 1. The van der Waals surface area contributed by atoms with Gasteiger partial charge in [0.25, 0.3) is 0 Å². The summed E-state index contributed by atoms with van der Waals surface area (Å²) in [5.74, 6) is 0.313. The number of aromatic amines is 1. The topological polar surface area (TPSA) is 104 Å². The van der Waals surface area contributed by atoms with Crippen LogP contribution in [0, 0.1) is 5.82 Å². The lowest BCUT2D eigenvalue weighted by Gasteiger charge is -2.44. The minimum Gasteiger partial charge on any atom is -0.494 e. The van der Waals surface area contributed by atoms with E-state index in [1.807, 2.05) is 45.7 Å². The first kappa shape index (κ1) is 31.8. The Morgan fingerprint density at radius 2 is 1.76 bits per heavy atom. The largest absolute Gasteiger partial charge is 0.494 e. The van der Waals surface area contributed by atoms with E-state index in [0.717, 1.165) is 42.5 Å². The molecule has 0 unspecified atom stereocenters. The molecule has 0 saturated carbocycles. The molecule has 3 aromatic rings. The minimum absolute atomic E-state index is 0.0470. The Labute approximate surface area is 248 Å². The van der Waals surface area contributed by atoms with E-state index in [1.54, 1.807) is 30.3 Å². The molecular weight excluding hydrogens is 559 g/mol.